The van der Waals surface area contributed by atoms with Gasteiger partial charge < -0.3 is 15.6 Å². The maximum absolute atomic E-state index is 12.2. The number of nitrogens with zero attached hydrogens (tertiary/aromatic N) is 1. The number of pyridine rings is 1. The molecule has 0 radical (unpaired) electrons. The van der Waals surface area contributed by atoms with E-state index in [1.165, 1.54) is 27.6 Å². The van der Waals surface area contributed by atoms with Crippen molar-refractivity contribution in [3.05, 3.63) is 126 Å². The van der Waals surface area contributed by atoms with E-state index in [2.05, 4.69) is 75.3 Å². The second-order valence-electron chi connectivity index (χ2n) is 9.33. The third-order valence-electron chi connectivity index (χ3n) is 6.60. The number of aromatic amines is 1. The summed E-state index contributed by atoms with van der Waals surface area (Å²) in [6.07, 6.45) is 8.33. The molecule has 37 heavy (non-hydrogen) atoms. The molecule has 5 nitrogen and oxygen atoms in total. The van der Waals surface area contributed by atoms with Crippen LogP contribution < -0.4 is 10.6 Å². The summed E-state index contributed by atoms with van der Waals surface area (Å²) in [5.74, 6) is 0.0318. The van der Waals surface area contributed by atoms with Crippen molar-refractivity contribution in [1.82, 2.24) is 15.3 Å². The lowest BCUT2D eigenvalue weighted by Gasteiger charge is -2.10. The average molecular weight is 489 g/mol. The molecule has 0 atom stereocenters. The number of carbonyl (C=O) groups is 1. The number of benzene rings is 3. The van der Waals surface area contributed by atoms with Gasteiger partial charge in [0.05, 0.1) is 12.2 Å². The van der Waals surface area contributed by atoms with Crippen LogP contribution in [0.25, 0.3) is 10.9 Å². The van der Waals surface area contributed by atoms with Gasteiger partial charge >= 0.3 is 0 Å². The summed E-state index contributed by atoms with van der Waals surface area (Å²) >= 11 is 0. The fourth-order valence-electron chi connectivity index (χ4n) is 4.58. The Labute approximate surface area is 218 Å². The van der Waals surface area contributed by atoms with Crippen LogP contribution in [-0.4, -0.2) is 15.9 Å². The molecule has 3 N–H and O–H groups in total. The maximum Gasteiger partial charge on any atom is 0.220 e. The van der Waals surface area contributed by atoms with E-state index in [4.69, 9.17) is 0 Å². The Morgan fingerprint density at radius 3 is 2.43 bits per heavy atom. The van der Waals surface area contributed by atoms with Crippen molar-refractivity contribution in [3.63, 3.8) is 0 Å². The number of amides is 1. The van der Waals surface area contributed by atoms with E-state index in [1.54, 1.807) is 6.20 Å². The number of hydrogen-bond donors (Lipinski definition) is 3. The number of nitrogens with one attached hydrogen (secondary N) is 3. The van der Waals surface area contributed by atoms with Crippen LogP contribution in [-0.2, 0) is 30.6 Å². The third-order valence-corrected chi connectivity index (χ3v) is 6.60. The van der Waals surface area contributed by atoms with Crippen LogP contribution >= 0.6 is 0 Å². The van der Waals surface area contributed by atoms with E-state index in [1.807, 2.05) is 42.5 Å². The van der Waals surface area contributed by atoms with E-state index < -0.39 is 0 Å². The number of anilines is 2. The molecule has 0 saturated heterocycles. The Balaban J connectivity index is 1.08. The van der Waals surface area contributed by atoms with Gasteiger partial charge in [-0.2, -0.15) is 0 Å². The highest BCUT2D eigenvalue weighted by atomic mass is 16.1. The van der Waals surface area contributed by atoms with E-state index in [0.717, 1.165) is 42.8 Å². The molecule has 0 aliphatic rings. The zero-order valence-electron chi connectivity index (χ0n) is 20.9. The van der Waals surface area contributed by atoms with Crippen LogP contribution in [0.1, 0.15) is 35.2 Å². The Morgan fingerprint density at radius 2 is 1.57 bits per heavy atom. The van der Waals surface area contributed by atoms with E-state index in [9.17, 15) is 4.79 Å². The fraction of sp³-hybridized carbons (Fsp3) is 0.188. The van der Waals surface area contributed by atoms with Crippen molar-refractivity contribution in [3.8, 4) is 0 Å². The molecular formula is C32H32N4O. The lowest BCUT2D eigenvalue weighted by atomic mass is 10.0. The first-order chi connectivity index (χ1) is 18.2. The summed E-state index contributed by atoms with van der Waals surface area (Å²) in [5, 5.41) is 7.75. The van der Waals surface area contributed by atoms with Crippen LogP contribution in [0.4, 0.5) is 11.4 Å². The predicted octanol–water partition coefficient (Wildman–Crippen LogP) is 6.73. The minimum Gasteiger partial charge on any atom is -0.361 e. The molecule has 0 unspecified atom stereocenters. The summed E-state index contributed by atoms with van der Waals surface area (Å²) in [4.78, 5) is 20.0. The van der Waals surface area contributed by atoms with Gasteiger partial charge in [-0.1, -0.05) is 60.7 Å². The van der Waals surface area contributed by atoms with Gasteiger partial charge in [-0.05, 0) is 72.7 Å². The van der Waals surface area contributed by atoms with Gasteiger partial charge in [0.2, 0.25) is 5.91 Å². The Kier molecular flexibility index (Phi) is 7.91. The van der Waals surface area contributed by atoms with Crippen LogP contribution in [0.2, 0.25) is 0 Å². The molecule has 186 valence electrons. The van der Waals surface area contributed by atoms with Gasteiger partial charge in [0.25, 0.3) is 0 Å². The molecule has 0 aliphatic heterocycles. The summed E-state index contributed by atoms with van der Waals surface area (Å²) in [6, 6.07) is 31.1. The van der Waals surface area contributed by atoms with Gasteiger partial charge in [0, 0.05) is 41.1 Å². The number of carbonyl (C=O) groups excluding carboxylic acids is 1. The Morgan fingerprint density at radius 1 is 0.784 bits per heavy atom. The first-order valence-corrected chi connectivity index (χ1v) is 12.9. The van der Waals surface area contributed by atoms with Gasteiger partial charge in [0.1, 0.15) is 0 Å². The highest BCUT2D eigenvalue weighted by molar-refractivity contribution is 5.83. The Bertz CT molecular complexity index is 1440. The number of fused-ring (bicyclic) bond motifs is 1. The van der Waals surface area contributed by atoms with Crippen LogP contribution in [0.5, 0.6) is 0 Å². The molecule has 5 heteroatoms. The van der Waals surface area contributed by atoms with Gasteiger partial charge in [-0.25, -0.2) is 0 Å². The normalized spacial score (nSPS) is 10.9. The quantitative estimate of drug-likeness (QED) is 0.193. The number of aryl methyl sites for hydroxylation is 3. The highest BCUT2D eigenvalue weighted by Gasteiger charge is 2.05. The standard InChI is InChI=1S/C32H32N4O/c37-32(18-15-24-7-2-1-3-8-24)35-23-29-21-28(19-20-33-29)36-27-16-13-25(14-17-27)9-6-10-26-22-34-31-12-5-4-11-30(26)31/h1-5,7-8,11-14,16-17,19-22,34H,6,9-10,15,18,23H2,(H,33,36)(H,35,37). The van der Waals surface area contributed by atoms with Gasteiger partial charge in [-0.15, -0.1) is 0 Å². The first kappa shape index (κ1) is 24.3. The molecule has 1 amide bonds. The molecule has 0 saturated carbocycles. The van der Waals surface area contributed by atoms with Crippen LogP contribution in [0.3, 0.4) is 0 Å². The summed E-state index contributed by atoms with van der Waals surface area (Å²) in [6.45, 7) is 0.415. The monoisotopic (exact) mass is 488 g/mol. The second-order valence-corrected chi connectivity index (χ2v) is 9.33. The lowest BCUT2D eigenvalue weighted by Crippen LogP contribution is -2.23. The number of H-pyrrole nitrogens is 1. The highest BCUT2D eigenvalue weighted by Crippen LogP contribution is 2.21. The molecule has 3 aromatic carbocycles. The van der Waals surface area contributed by atoms with Crippen molar-refractivity contribution in [1.29, 1.82) is 0 Å². The molecule has 0 spiro atoms. The number of aromatic nitrogens is 2. The smallest absolute Gasteiger partial charge is 0.220 e. The molecule has 5 aromatic rings. The predicted molar refractivity (Wildman–Crippen MR) is 151 cm³/mol. The molecular weight excluding hydrogens is 456 g/mol. The number of rotatable bonds is 11. The average Bonchev–Trinajstić information content (AvgIpc) is 3.35. The minimum atomic E-state index is 0.0318. The molecule has 0 fully saturated rings. The van der Waals surface area contributed by atoms with Crippen LogP contribution in [0, 0.1) is 0 Å². The zero-order chi connectivity index (χ0) is 25.3. The summed E-state index contributed by atoms with van der Waals surface area (Å²) < 4.78 is 0. The lowest BCUT2D eigenvalue weighted by molar-refractivity contribution is -0.121. The topological polar surface area (TPSA) is 69.8 Å². The maximum atomic E-state index is 12.2. The van der Waals surface area contributed by atoms with E-state index >= 15 is 0 Å². The molecule has 0 aliphatic carbocycles. The minimum absolute atomic E-state index is 0.0318. The third kappa shape index (κ3) is 6.85. The van der Waals surface area contributed by atoms with E-state index in [0.29, 0.717) is 13.0 Å². The molecule has 5 rings (SSSR count). The Hall–Kier alpha value is -4.38. The second kappa shape index (κ2) is 12.0. The van der Waals surface area contributed by atoms with E-state index in [-0.39, 0.29) is 5.91 Å². The fourth-order valence-corrected chi connectivity index (χ4v) is 4.58. The number of hydrogen-bond acceptors (Lipinski definition) is 3. The molecule has 0 bridgehead atoms. The zero-order valence-corrected chi connectivity index (χ0v) is 20.9. The van der Waals surface area contributed by atoms with Crippen molar-refractivity contribution in [2.45, 2.75) is 38.6 Å². The number of para-hydroxylation sites is 1. The van der Waals surface area contributed by atoms with Crippen LogP contribution in [0.15, 0.2) is 103 Å². The molecule has 2 heterocycles. The van der Waals surface area contributed by atoms with Crippen molar-refractivity contribution in [2.24, 2.45) is 0 Å². The summed E-state index contributed by atoms with van der Waals surface area (Å²) in [7, 11) is 0. The SMILES string of the molecule is O=C(CCc1ccccc1)NCc1cc(Nc2ccc(CCCc3c[nH]c4ccccc34)cc2)ccn1. The van der Waals surface area contributed by atoms with Crippen molar-refractivity contribution in [2.75, 3.05) is 5.32 Å². The first-order valence-electron chi connectivity index (χ1n) is 12.9. The van der Waals surface area contributed by atoms with Crippen molar-refractivity contribution < 1.29 is 4.79 Å². The van der Waals surface area contributed by atoms with Gasteiger partial charge in [0.15, 0.2) is 0 Å². The van der Waals surface area contributed by atoms with Gasteiger partial charge in [-0.3, -0.25) is 9.78 Å². The largest absolute Gasteiger partial charge is 0.361 e. The molecule has 2 aromatic heterocycles. The summed E-state index contributed by atoms with van der Waals surface area (Å²) in [5.41, 5.74) is 7.90. The van der Waals surface area contributed by atoms with Crippen molar-refractivity contribution >= 4 is 28.2 Å².